The monoisotopic (exact) mass is 300 g/mol. The van der Waals surface area contributed by atoms with Gasteiger partial charge < -0.3 is 5.11 Å². The van der Waals surface area contributed by atoms with Crippen molar-refractivity contribution >= 4 is 16.2 Å². The Bertz CT molecular complexity index is 545. The Labute approximate surface area is 119 Å². The van der Waals surface area contributed by atoms with Gasteiger partial charge in [0, 0.05) is 20.6 Å². The molecular weight excluding hydrogens is 280 g/mol. The van der Waals surface area contributed by atoms with Gasteiger partial charge in [-0.1, -0.05) is 37.3 Å². The number of carboxylic acid groups (broad SMARTS) is 1. The van der Waals surface area contributed by atoms with Crippen LogP contribution in [-0.4, -0.2) is 48.2 Å². The van der Waals surface area contributed by atoms with Crippen LogP contribution in [0.4, 0.5) is 0 Å². The molecule has 0 saturated heterocycles. The molecule has 1 rings (SSSR count). The van der Waals surface area contributed by atoms with E-state index in [1.807, 2.05) is 30.3 Å². The fourth-order valence-corrected chi connectivity index (χ4v) is 3.20. The van der Waals surface area contributed by atoms with Crippen molar-refractivity contribution < 1.29 is 18.3 Å². The van der Waals surface area contributed by atoms with E-state index in [2.05, 4.69) is 0 Å². The van der Waals surface area contributed by atoms with Gasteiger partial charge in [-0.25, -0.2) is 0 Å². The zero-order valence-corrected chi connectivity index (χ0v) is 12.7. The summed E-state index contributed by atoms with van der Waals surface area (Å²) in [6.45, 7) is 1.84. The van der Waals surface area contributed by atoms with E-state index in [4.69, 9.17) is 5.11 Å². The van der Waals surface area contributed by atoms with Crippen LogP contribution in [-0.2, 0) is 21.5 Å². The molecule has 1 N–H and O–H groups in total. The number of hydrogen-bond acceptors (Lipinski definition) is 3. The van der Waals surface area contributed by atoms with Gasteiger partial charge in [-0.15, -0.1) is 0 Å². The summed E-state index contributed by atoms with van der Waals surface area (Å²) in [6.07, 6.45) is 0.213. The Morgan fingerprint density at radius 3 is 2.25 bits per heavy atom. The molecule has 112 valence electrons. The third-order valence-electron chi connectivity index (χ3n) is 3.12. The molecular formula is C13H20N2O4S. The summed E-state index contributed by atoms with van der Waals surface area (Å²) in [6, 6.07) is 8.08. The van der Waals surface area contributed by atoms with Crippen molar-refractivity contribution in [3.05, 3.63) is 35.9 Å². The van der Waals surface area contributed by atoms with Gasteiger partial charge in [0.2, 0.25) is 0 Å². The van der Waals surface area contributed by atoms with Gasteiger partial charge in [0.15, 0.2) is 0 Å². The molecule has 1 aromatic rings. The third-order valence-corrected chi connectivity index (χ3v) is 5.02. The second-order valence-corrected chi connectivity index (χ2v) is 6.62. The van der Waals surface area contributed by atoms with Crippen molar-refractivity contribution in [1.29, 1.82) is 0 Å². The van der Waals surface area contributed by atoms with Gasteiger partial charge in [0.05, 0.1) is 0 Å². The van der Waals surface area contributed by atoms with Crippen LogP contribution >= 0.6 is 0 Å². The van der Waals surface area contributed by atoms with E-state index in [0.29, 0.717) is 0 Å². The van der Waals surface area contributed by atoms with Gasteiger partial charge in [-0.3, -0.25) is 4.79 Å². The summed E-state index contributed by atoms with van der Waals surface area (Å²) in [4.78, 5) is 11.1. The van der Waals surface area contributed by atoms with Crippen molar-refractivity contribution in [2.45, 2.75) is 25.9 Å². The molecule has 0 heterocycles. The maximum Gasteiger partial charge on any atom is 0.322 e. The predicted molar refractivity (Wildman–Crippen MR) is 76.3 cm³/mol. The van der Waals surface area contributed by atoms with E-state index in [-0.39, 0.29) is 13.0 Å². The van der Waals surface area contributed by atoms with E-state index < -0.39 is 22.2 Å². The lowest BCUT2D eigenvalue weighted by Crippen LogP contribution is -2.47. The smallest absolute Gasteiger partial charge is 0.322 e. The van der Waals surface area contributed by atoms with Crippen LogP contribution in [0.2, 0.25) is 0 Å². The van der Waals surface area contributed by atoms with Crippen LogP contribution in [0, 0.1) is 0 Å². The second kappa shape index (κ2) is 6.83. The first kappa shape index (κ1) is 16.6. The molecule has 0 aliphatic carbocycles. The minimum atomic E-state index is -3.81. The number of benzene rings is 1. The highest BCUT2D eigenvalue weighted by atomic mass is 32.2. The summed E-state index contributed by atoms with van der Waals surface area (Å²) in [5.41, 5.74) is 0.843. The van der Waals surface area contributed by atoms with Crippen LogP contribution < -0.4 is 0 Å². The molecule has 1 atom stereocenters. The fraction of sp³-hybridized carbons (Fsp3) is 0.462. The molecule has 6 nitrogen and oxygen atoms in total. The highest BCUT2D eigenvalue weighted by Gasteiger charge is 2.33. The Morgan fingerprint density at radius 1 is 1.25 bits per heavy atom. The Kier molecular flexibility index (Phi) is 5.67. The number of nitrogens with zero attached hydrogens (tertiary/aromatic N) is 2. The summed E-state index contributed by atoms with van der Waals surface area (Å²) in [5.74, 6) is -1.15. The molecule has 7 heteroatoms. The van der Waals surface area contributed by atoms with Gasteiger partial charge in [0.1, 0.15) is 6.04 Å². The van der Waals surface area contributed by atoms with Gasteiger partial charge in [0.25, 0.3) is 10.2 Å². The predicted octanol–water partition coefficient (Wildman–Crippen LogP) is 1.16. The lowest BCUT2D eigenvalue weighted by atomic mass is 10.2. The molecule has 0 aliphatic heterocycles. The van der Waals surface area contributed by atoms with Crippen molar-refractivity contribution in [1.82, 2.24) is 8.61 Å². The maximum atomic E-state index is 12.3. The molecule has 0 aromatic heterocycles. The number of hydrogen-bond donors (Lipinski definition) is 1. The average molecular weight is 300 g/mol. The Hall–Kier alpha value is -1.44. The summed E-state index contributed by atoms with van der Waals surface area (Å²) in [7, 11) is -1.08. The molecule has 0 amide bonds. The van der Waals surface area contributed by atoms with Crippen LogP contribution in [0.25, 0.3) is 0 Å². The lowest BCUT2D eigenvalue weighted by molar-refractivity contribution is -0.141. The molecule has 0 radical (unpaired) electrons. The number of aliphatic carboxylic acids is 1. The molecule has 0 fully saturated rings. The minimum absolute atomic E-state index is 0.198. The molecule has 0 aliphatic rings. The van der Waals surface area contributed by atoms with Gasteiger partial charge >= 0.3 is 5.97 Å². The van der Waals surface area contributed by atoms with Crippen molar-refractivity contribution in [2.24, 2.45) is 0 Å². The van der Waals surface area contributed by atoms with E-state index in [9.17, 15) is 13.2 Å². The van der Waals surface area contributed by atoms with Gasteiger partial charge in [-0.2, -0.15) is 17.0 Å². The average Bonchev–Trinajstić information content (AvgIpc) is 2.40. The summed E-state index contributed by atoms with van der Waals surface area (Å²) >= 11 is 0. The zero-order valence-electron chi connectivity index (χ0n) is 11.9. The number of carbonyl (C=O) groups is 1. The van der Waals surface area contributed by atoms with Crippen molar-refractivity contribution in [3.63, 3.8) is 0 Å². The number of rotatable bonds is 7. The minimum Gasteiger partial charge on any atom is -0.480 e. The van der Waals surface area contributed by atoms with Crippen molar-refractivity contribution in [3.8, 4) is 0 Å². The largest absolute Gasteiger partial charge is 0.480 e. The number of carboxylic acids is 1. The quantitative estimate of drug-likeness (QED) is 0.819. The topological polar surface area (TPSA) is 77.9 Å². The van der Waals surface area contributed by atoms with E-state index in [0.717, 1.165) is 14.2 Å². The molecule has 0 saturated carbocycles. The molecule has 20 heavy (non-hydrogen) atoms. The number of likely N-dealkylation sites (N-methyl/N-ethyl adjacent to an activating group) is 1. The van der Waals surface area contributed by atoms with Crippen LogP contribution in [0.3, 0.4) is 0 Å². The first-order valence-electron chi connectivity index (χ1n) is 6.26. The molecule has 1 aromatic carbocycles. The van der Waals surface area contributed by atoms with Crippen LogP contribution in [0.5, 0.6) is 0 Å². The van der Waals surface area contributed by atoms with E-state index in [1.54, 1.807) is 6.92 Å². The zero-order chi connectivity index (χ0) is 15.3. The van der Waals surface area contributed by atoms with Crippen LogP contribution in [0.1, 0.15) is 18.9 Å². The molecule has 1 unspecified atom stereocenters. The van der Waals surface area contributed by atoms with Crippen molar-refractivity contribution in [2.75, 3.05) is 14.1 Å². The highest BCUT2D eigenvalue weighted by molar-refractivity contribution is 7.86. The third kappa shape index (κ3) is 3.78. The van der Waals surface area contributed by atoms with E-state index in [1.165, 1.54) is 14.1 Å². The fourth-order valence-electron chi connectivity index (χ4n) is 1.89. The second-order valence-electron chi connectivity index (χ2n) is 4.53. The van der Waals surface area contributed by atoms with Gasteiger partial charge in [-0.05, 0) is 12.0 Å². The maximum absolute atomic E-state index is 12.3. The first-order valence-corrected chi connectivity index (χ1v) is 7.66. The Morgan fingerprint density at radius 2 is 1.80 bits per heavy atom. The Balaban J connectivity index is 2.89. The molecule has 0 spiro atoms. The van der Waals surface area contributed by atoms with Crippen LogP contribution in [0.15, 0.2) is 30.3 Å². The normalized spacial score (nSPS) is 13.7. The van der Waals surface area contributed by atoms with E-state index >= 15 is 0 Å². The summed E-state index contributed by atoms with van der Waals surface area (Å²) < 4.78 is 26.7. The SMILES string of the molecule is CCC(C(=O)O)N(C)S(=O)(=O)N(C)Cc1ccccc1. The standard InChI is InChI=1S/C13H20N2O4S/c1-4-12(13(16)17)15(3)20(18,19)14(2)10-11-8-6-5-7-9-11/h5-9,12H,4,10H2,1-3H3,(H,16,17). The lowest BCUT2D eigenvalue weighted by Gasteiger charge is -2.28. The molecule has 0 bridgehead atoms. The first-order chi connectivity index (χ1) is 9.30. The highest BCUT2D eigenvalue weighted by Crippen LogP contribution is 2.14. The summed E-state index contributed by atoms with van der Waals surface area (Å²) in [5, 5.41) is 9.05.